The minimum absolute atomic E-state index is 0.0746. The second-order valence-corrected chi connectivity index (χ2v) is 6.73. The van der Waals surface area contributed by atoms with Crippen LogP contribution in [0.3, 0.4) is 0 Å². The summed E-state index contributed by atoms with van der Waals surface area (Å²) in [7, 11) is 0. The van der Waals surface area contributed by atoms with E-state index in [4.69, 9.17) is 4.74 Å². The van der Waals surface area contributed by atoms with E-state index in [0.29, 0.717) is 24.1 Å². The van der Waals surface area contributed by atoms with Crippen molar-refractivity contribution in [2.45, 2.75) is 38.1 Å². The Labute approximate surface area is 143 Å². The summed E-state index contributed by atoms with van der Waals surface area (Å²) in [6.07, 6.45) is 6.09. The van der Waals surface area contributed by atoms with Gasteiger partial charge in [0, 0.05) is 17.5 Å². The summed E-state index contributed by atoms with van der Waals surface area (Å²) >= 11 is 0. The van der Waals surface area contributed by atoms with Gasteiger partial charge in [0.25, 0.3) is 5.91 Å². The summed E-state index contributed by atoms with van der Waals surface area (Å²) < 4.78 is 5.44. The van der Waals surface area contributed by atoms with E-state index >= 15 is 0 Å². The van der Waals surface area contributed by atoms with Crippen LogP contribution in [-0.2, 0) is 9.53 Å². The molecule has 2 atom stereocenters. The van der Waals surface area contributed by atoms with Gasteiger partial charge < -0.3 is 10.1 Å². The van der Waals surface area contributed by atoms with Crippen LogP contribution in [0.15, 0.2) is 30.3 Å². The summed E-state index contributed by atoms with van der Waals surface area (Å²) in [4.78, 5) is 26.4. The van der Waals surface area contributed by atoms with E-state index in [1.165, 1.54) is 38.8 Å². The Balaban J connectivity index is 1.41. The molecule has 2 saturated heterocycles. The number of amides is 1. The second-order valence-electron chi connectivity index (χ2n) is 6.73. The zero-order valence-corrected chi connectivity index (χ0v) is 14.1. The second kappa shape index (κ2) is 8.29. The van der Waals surface area contributed by atoms with Crippen LogP contribution in [0.25, 0.3) is 0 Å². The fraction of sp³-hybridized carbons (Fsp3) is 0.579. The Morgan fingerprint density at radius 1 is 1.08 bits per heavy atom. The van der Waals surface area contributed by atoms with Crippen LogP contribution in [0.2, 0.25) is 0 Å². The SMILES string of the molecule is O=C(CNC(=O)c1ccccc1)OC[C@H]1CCCN2CCCC[C@H]12. The lowest BCUT2D eigenvalue weighted by molar-refractivity contribution is -0.145. The molecule has 5 nitrogen and oxygen atoms in total. The highest BCUT2D eigenvalue weighted by atomic mass is 16.5. The van der Waals surface area contributed by atoms with Gasteiger partial charge >= 0.3 is 5.97 Å². The van der Waals surface area contributed by atoms with Gasteiger partial charge in [0.2, 0.25) is 0 Å². The molecule has 0 aliphatic carbocycles. The molecule has 3 rings (SSSR count). The monoisotopic (exact) mass is 330 g/mol. The molecule has 2 aliphatic rings. The van der Waals surface area contributed by atoms with Crippen molar-refractivity contribution in [3.63, 3.8) is 0 Å². The average molecular weight is 330 g/mol. The minimum Gasteiger partial charge on any atom is -0.464 e. The van der Waals surface area contributed by atoms with Gasteiger partial charge in [-0.1, -0.05) is 24.6 Å². The molecular formula is C19H26N2O3. The maximum absolute atomic E-state index is 11.9. The number of nitrogens with zero attached hydrogens (tertiary/aromatic N) is 1. The lowest BCUT2D eigenvalue weighted by Crippen LogP contribution is -2.49. The Morgan fingerprint density at radius 2 is 1.88 bits per heavy atom. The number of piperidine rings is 2. The lowest BCUT2D eigenvalue weighted by atomic mass is 9.84. The van der Waals surface area contributed by atoms with Crippen molar-refractivity contribution in [1.82, 2.24) is 10.2 Å². The number of esters is 1. The van der Waals surface area contributed by atoms with Crippen molar-refractivity contribution in [3.8, 4) is 0 Å². The molecule has 1 aromatic carbocycles. The van der Waals surface area contributed by atoms with Crippen molar-refractivity contribution < 1.29 is 14.3 Å². The zero-order chi connectivity index (χ0) is 16.8. The van der Waals surface area contributed by atoms with Gasteiger partial charge in [-0.2, -0.15) is 0 Å². The smallest absolute Gasteiger partial charge is 0.325 e. The van der Waals surface area contributed by atoms with E-state index in [-0.39, 0.29) is 18.4 Å². The standard InChI is InChI=1S/C19H26N2O3/c22-18(13-20-19(23)15-7-2-1-3-8-15)24-14-16-9-6-12-21-11-5-4-10-17(16)21/h1-3,7-8,16-17H,4-6,9-14H2,(H,20,23)/t16-,17-/m1/s1. The van der Waals surface area contributed by atoms with Crippen molar-refractivity contribution in [2.75, 3.05) is 26.2 Å². The first-order valence-electron chi connectivity index (χ1n) is 8.97. The summed E-state index contributed by atoms with van der Waals surface area (Å²) in [5, 5.41) is 2.62. The average Bonchev–Trinajstić information content (AvgIpc) is 2.65. The molecule has 0 spiro atoms. The predicted molar refractivity (Wildman–Crippen MR) is 91.7 cm³/mol. The van der Waals surface area contributed by atoms with Gasteiger partial charge in [-0.05, 0) is 50.9 Å². The number of rotatable bonds is 5. The summed E-state index contributed by atoms with van der Waals surface area (Å²) in [5.41, 5.74) is 0.551. The third-order valence-electron chi connectivity index (χ3n) is 5.12. The number of carbonyl (C=O) groups is 2. The predicted octanol–water partition coefficient (Wildman–Crippen LogP) is 2.22. The molecule has 1 amide bonds. The van der Waals surface area contributed by atoms with Crippen molar-refractivity contribution in [1.29, 1.82) is 0 Å². The number of carbonyl (C=O) groups excluding carboxylic acids is 2. The molecule has 2 heterocycles. The first-order valence-corrected chi connectivity index (χ1v) is 8.97. The number of hydrogen-bond acceptors (Lipinski definition) is 4. The maximum Gasteiger partial charge on any atom is 0.325 e. The fourth-order valence-electron chi connectivity index (χ4n) is 3.87. The number of fused-ring (bicyclic) bond motifs is 1. The number of benzene rings is 1. The van der Waals surface area contributed by atoms with Crippen LogP contribution < -0.4 is 5.32 Å². The highest BCUT2D eigenvalue weighted by molar-refractivity contribution is 5.95. The fourth-order valence-corrected chi connectivity index (χ4v) is 3.87. The molecule has 5 heteroatoms. The Bertz CT molecular complexity index is 559. The number of nitrogens with one attached hydrogen (secondary N) is 1. The molecule has 1 aromatic rings. The van der Waals surface area contributed by atoms with Crippen LogP contribution in [0.5, 0.6) is 0 Å². The molecule has 0 saturated carbocycles. The summed E-state index contributed by atoms with van der Waals surface area (Å²) in [5.74, 6) is -0.163. The first-order chi connectivity index (χ1) is 11.7. The van der Waals surface area contributed by atoms with E-state index in [9.17, 15) is 9.59 Å². The van der Waals surface area contributed by atoms with Crippen molar-refractivity contribution >= 4 is 11.9 Å². The lowest BCUT2D eigenvalue weighted by Gasteiger charge is -2.44. The molecular weight excluding hydrogens is 304 g/mol. The largest absolute Gasteiger partial charge is 0.464 e. The van der Waals surface area contributed by atoms with E-state index in [0.717, 1.165) is 6.42 Å². The third-order valence-corrected chi connectivity index (χ3v) is 5.12. The van der Waals surface area contributed by atoms with E-state index in [1.54, 1.807) is 24.3 Å². The minimum atomic E-state index is -0.354. The molecule has 0 radical (unpaired) electrons. The highest BCUT2D eigenvalue weighted by Gasteiger charge is 2.33. The maximum atomic E-state index is 11.9. The quantitative estimate of drug-likeness (QED) is 0.841. The molecule has 0 unspecified atom stereocenters. The Morgan fingerprint density at radius 3 is 2.71 bits per heavy atom. The van der Waals surface area contributed by atoms with E-state index < -0.39 is 0 Å². The zero-order valence-electron chi connectivity index (χ0n) is 14.1. The molecule has 0 bridgehead atoms. The molecule has 130 valence electrons. The number of hydrogen-bond donors (Lipinski definition) is 1. The van der Waals surface area contributed by atoms with Crippen LogP contribution in [-0.4, -0.2) is 49.1 Å². The Kier molecular flexibility index (Phi) is 5.86. The van der Waals surface area contributed by atoms with Crippen LogP contribution in [0.1, 0.15) is 42.5 Å². The molecule has 2 aliphatic heterocycles. The summed E-state index contributed by atoms with van der Waals surface area (Å²) in [6, 6.07) is 9.46. The van der Waals surface area contributed by atoms with Crippen LogP contribution in [0.4, 0.5) is 0 Å². The van der Waals surface area contributed by atoms with E-state index in [1.807, 2.05) is 6.07 Å². The van der Waals surface area contributed by atoms with Crippen molar-refractivity contribution in [3.05, 3.63) is 35.9 Å². The van der Waals surface area contributed by atoms with Gasteiger partial charge in [-0.3, -0.25) is 14.5 Å². The molecule has 2 fully saturated rings. The van der Waals surface area contributed by atoms with Gasteiger partial charge in [0.1, 0.15) is 6.54 Å². The van der Waals surface area contributed by atoms with Crippen molar-refractivity contribution in [2.24, 2.45) is 5.92 Å². The molecule has 24 heavy (non-hydrogen) atoms. The van der Waals surface area contributed by atoms with Crippen LogP contribution >= 0.6 is 0 Å². The van der Waals surface area contributed by atoms with Gasteiger partial charge in [0.05, 0.1) is 6.61 Å². The topological polar surface area (TPSA) is 58.6 Å². The molecule has 0 aromatic heterocycles. The molecule has 1 N–H and O–H groups in total. The number of ether oxygens (including phenoxy) is 1. The third kappa shape index (κ3) is 4.35. The van der Waals surface area contributed by atoms with Gasteiger partial charge in [-0.25, -0.2) is 0 Å². The van der Waals surface area contributed by atoms with Gasteiger partial charge in [0.15, 0.2) is 0 Å². The normalized spacial score (nSPS) is 24.0. The summed E-state index contributed by atoms with van der Waals surface area (Å²) in [6.45, 7) is 2.76. The van der Waals surface area contributed by atoms with Gasteiger partial charge in [-0.15, -0.1) is 0 Å². The van der Waals surface area contributed by atoms with Crippen LogP contribution in [0, 0.1) is 5.92 Å². The van der Waals surface area contributed by atoms with E-state index in [2.05, 4.69) is 10.2 Å². The highest BCUT2D eigenvalue weighted by Crippen LogP contribution is 2.30. The first kappa shape index (κ1) is 17.0. The Hall–Kier alpha value is -1.88.